The van der Waals surface area contributed by atoms with Crippen molar-refractivity contribution in [2.24, 2.45) is 11.7 Å². The Morgan fingerprint density at radius 1 is 1.43 bits per heavy atom. The van der Waals surface area contributed by atoms with Gasteiger partial charge in [0.1, 0.15) is 17.2 Å². The van der Waals surface area contributed by atoms with Gasteiger partial charge in [0.25, 0.3) is 0 Å². The summed E-state index contributed by atoms with van der Waals surface area (Å²) in [6.45, 7) is 6.59. The number of rotatable bonds is 3. The lowest BCUT2D eigenvalue weighted by atomic mass is 9.92. The molecule has 2 N–H and O–H groups in total. The van der Waals surface area contributed by atoms with E-state index in [1.54, 1.807) is 11.0 Å². The number of methoxy groups -OCH3 is 1. The van der Waals surface area contributed by atoms with Crippen molar-refractivity contribution in [3.63, 3.8) is 0 Å². The molecular formula is C17H25FN2O3. The average molecular weight is 324 g/mol. The number of carbonyl (C=O) groups is 1. The molecule has 2 rings (SSSR count). The lowest BCUT2D eigenvalue weighted by Crippen LogP contribution is -2.36. The molecule has 1 aromatic carbocycles. The van der Waals surface area contributed by atoms with Gasteiger partial charge in [-0.15, -0.1) is 0 Å². The maximum absolute atomic E-state index is 13.5. The highest BCUT2D eigenvalue weighted by Gasteiger charge is 2.34. The summed E-state index contributed by atoms with van der Waals surface area (Å²) in [4.78, 5) is 13.8. The number of hydrogen-bond acceptors (Lipinski definition) is 4. The SMILES string of the molecule is COc1ccc(F)cc1C(N)C1CCN(C(=O)OC(C)(C)C)C1. The van der Waals surface area contributed by atoms with Crippen LogP contribution < -0.4 is 10.5 Å². The monoisotopic (exact) mass is 324 g/mol. The van der Waals surface area contributed by atoms with E-state index in [1.807, 2.05) is 20.8 Å². The molecule has 1 heterocycles. The van der Waals surface area contributed by atoms with Crippen molar-refractivity contribution in [2.45, 2.75) is 38.8 Å². The van der Waals surface area contributed by atoms with Crippen molar-refractivity contribution < 1.29 is 18.7 Å². The second-order valence-electron chi connectivity index (χ2n) is 6.89. The predicted octanol–water partition coefficient (Wildman–Crippen LogP) is 3.09. The van der Waals surface area contributed by atoms with Crippen molar-refractivity contribution in [3.05, 3.63) is 29.6 Å². The van der Waals surface area contributed by atoms with Gasteiger partial charge in [-0.2, -0.15) is 0 Å². The first-order chi connectivity index (χ1) is 10.7. The number of hydrogen-bond donors (Lipinski definition) is 1. The predicted molar refractivity (Wildman–Crippen MR) is 85.8 cm³/mol. The lowest BCUT2D eigenvalue weighted by molar-refractivity contribution is 0.0286. The number of likely N-dealkylation sites (tertiary alicyclic amines) is 1. The molecule has 5 nitrogen and oxygen atoms in total. The van der Waals surface area contributed by atoms with E-state index in [-0.39, 0.29) is 17.8 Å². The summed E-state index contributed by atoms with van der Waals surface area (Å²) in [5.74, 6) is 0.256. The first kappa shape index (κ1) is 17.5. The van der Waals surface area contributed by atoms with Crippen LogP contribution in [0.4, 0.5) is 9.18 Å². The zero-order valence-electron chi connectivity index (χ0n) is 14.1. The maximum Gasteiger partial charge on any atom is 0.410 e. The molecule has 1 aromatic rings. The average Bonchev–Trinajstić information content (AvgIpc) is 2.94. The van der Waals surface area contributed by atoms with E-state index in [9.17, 15) is 9.18 Å². The molecule has 0 aromatic heterocycles. The number of ether oxygens (including phenoxy) is 2. The normalized spacial score (nSPS) is 19.6. The van der Waals surface area contributed by atoms with Crippen LogP contribution in [-0.4, -0.2) is 36.8 Å². The lowest BCUT2D eigenvalue weighted by Gasteiger charge is -2.25. The van der Waals surface area contributed by atoms with Gasteiger partial charge in [0.05, 0.1) is 7.11 Å². The van der Waals surface area contributed by atoms with Gasteiger partial charge in [-0.05, 0) is 51.3 Å². The Bertz CT molecular complexity index is 571. The van der Waals surface area contributed by atoms with Crippen molar-refractivity contribution in [1.82, 2.24) is 4.90 Å². The highest BCUT2D eigenvalue weighted by molar-refractivity contribution is 5.68. The third-order valence-electron chi connectivity index (χ3n) is 3.94. The van der Waals surface area contributed by atoms with E-state index in [1.165, 1.54) is 19.2 Å². The highest BCUT2D eigenvalue weighted by atomic mass is 19.1. The minimum Gasteiger partial charge on any atom is -0.496 e. The molecule has 2 unspecified atom stereocenters. The van der Waals surface area contributed by atoms with Crippen LogP contribution in [0.2, 0.25) is 0 Å². The number of nitrogens with two attached hydrogens (primary N) is 1. The van der Waals surface area contributed by atoms with Crippen molar-refractivity contribution in [2.75, 3.05) is 20.2 Å². The summed E-state index contributed by atoms with van der Waals surface area (Å²) in [6.07, 6.45) is 0.415. The molecule has 2 atom stereocenters. The molecule has 0 saturated carbocycles. The summed E-state index contributed by atoms with van der Waals surface area (Å²) < 4.78 is 24.2. The maximum atomic E-state index is 13.5. The molecule has 0 spiro atoms. The van der Waals surface area contributed by atoms with Crippen molar-refractivity contribution in [1.29, 1.82) is 0 Å². The topological polar surface area (TPSA) is 64.8 Å². The van der Waals surface area contributed by atoms with Crippen LogP contribution >= 0.6 is 0 Å². The molecule has 1 saturated heterocycles. The molecule has 0 bridgehead atoms. The molecule has 1 aliphatic heterocycles. The van der Waals surface area contributed by atoms with Crippen LogP contribution in [-0.2, 0) is 4.74 Å². The quantitative estimate of drug-likeness (QED) is 0.928. The van der Waals surface area contributed by atoms with Crippen LogP contribution in [0.1, 0.15) is 38.8 Å². The number of nitrogens with zero attached hydrogens (tertiary/aromatic N) is 1. The Kier molecular flexibility index (Phi) is 5.14. The smallest absolute Gasteiger partial charge is 0.410 e. The van der Waals surface area contributed by atoms with Crippen LogP contribution in [0.5, 0.6) is 5.75 Å². The summed E-state index contributed by atoms with van der Waals surface area (Å²) in [5, 5.41) is 0. The molecule has 128 valence electrons. The zero-order valence-corrected chi connectivity index (χ0v) is 14.1. The Morgan fingerprint density at radius 2 is 2.13 bits per heavy atom. The zero-order chi connectivity index (χ0) is 17.2. The van der Waals surface area contributed by atoms with Crippen LogP contribution in [0.3, 0.4) is 0 Å². The van der Waals surface area contributed by atoms with Crippen molar-refractivity contribution in [3.8, 4) is 5.75 Å². The molecule has 23 heavy (non-hydrogen) atoms. The molecule has 0 aliphatic carbocycles. The second-order valence-corrected chi connectivity index (χ2v) is 6.89. The van der Waals surface area contributed by atoms with E-state index in [0.29, 0.717) is 24.4 Å². The van der Waals surface area contributed by atoms with Crippen molar-refractivity contribution >= 4 is 6.09 Å². The fourth-order valence-electron chi connectivity index (χ4n) is 2.79. The van der Waals surface area contributed by atoms with Gasteiger partial charge < -0.3 is 20.1 Å². The molecule has 1 amide bonds. The molecule has 6 heteroatoms. The van der Waals surface area contributed by atoms with E-state index in [4.69, 9.17) is 15.2 Å². The van der Waals surface area contributed by atoms with Gasteiger partial charge >= 0.3 is 6.09 Å². The summed E-state index contributed by atoms with van der Waals surface area (Å²) >= 11 is 0. The van der Waals surface area contributed by atoms with Gasteiger partial charge in [0.2, 0.25) is 0 Å². The van der Waals surface area contributed by atoms with Crippen LogP contribution in [0.25, 0.3) is 0 Å². The summed E-state index contributed by atoms with van der Waals surface area (Å²) in [6, 6.07) is 3.93. The minimum absolute atomic E-state index is 0.0400. The van der Waals surface area contributed by atoms with E-state index < -0.39 is 11.6 Å². The standard InChI is InChI=1S/C17H25FN2O3/c1-17(2,3)23-16(21)20-8-7-11(10-20)15(19)13-9-12(18)5-6-14(13)22-4/h5-6,9,11,15H,7-8,10,19H2,1-4H3. The van der Waals surface area contributed by atoms with Gasteiger partial charge in [-0.3, -0.25) is 0 Å². The number of carbonyl (C=O) groups excluding carboxylic acids is 1. The van der Waals surface area contributed by atoms with Gasteiger partial charge in [-0.25, -0.2) is 9.18 Å². The molecular weight excluding hydrogens is 299 g/mol. The molecule has 1 fully saturated rings. The van der Waals surface area contributed by atoms with Crippen LogP contribution in [0, 0.1) is 11.7 Å². The fraction of sp³-hybridized carbons (Fsp3) is 0.588. The van der Waals surface area contributed by atoms with E-state index >= 15 is 0 Å². The van der Waals surface area contributed by atoms with Gasteiger partial charge in [0.15, 0.2) is 0 Å². The summed E-state index contributed by atoms with van der Waals surface area (Å²) in [7, 11) is 1.53. The Balaban J connectivity index is 2.07. The molecule has 0 radical (unpaired) electrons. The number of amides is 1. The largest absolute Gasteiger partial charge is 0.496 e. The highest BCUT2D eigenvalue weighted by Crippen LogP contribution is 2.34. The number of benzene rings is 1. The Morgan fingerprint density at radius 3 is 2.74 bits per heavy atom. The van der Waals surface area contributed by atoms with Gasteiger partial charge in [0, 0.05) is 24.7 Å². The second kappa shape index (κ2) is 6.74. The third-order valence-corrected chi connectivity index (χ3v) is 3.94. The molecule has 1 aliphatic rings. The third kappa shape index (κ3) is 4.34. The van der Waals surface area contributed by atoms with E-state index in [2.05, 4.69) is 0 Å². The number of halogens is 1. The van der Waals surface area contributed by atoms with E-state index in [0.717, 1.165) is 6.42 Å². The first-order valence-electron chi connectivity index (χ1n) is 7.78. The Labute approximate surface area is 136 Å². The first-order valence-corrected chi connectivity index (χ1v) is 7.78. The summed E-state index contributed by atoms with van der Waals surface area (Å²) in [5.41, 5.74) is 6.41. The minimum atomic E-state index is -0.525. The fourth-order valence-corrected chi connectivity index (χ4v) is 2.79. The Hall–Kier alpha value is -1.82. The van der Waals surface area contributed by atoms with Gasteiger partial charge in [-0.1, -0.05) is 0 Å². The van der Waals surface area contributed by atoms with Crippen LogP contribution in [0.15, 0.2) is 18.2 Å².